The van der Waals surface area contributed by atoms with Crippen LogP contribution in [0.5, 0.6) is 17.2 Å². The number of nitrogens with one attached hydrogen (secondary N) is 2. The highest BCUT2D eigenvalue weighted by Crippen LogP contribution is 2.30. The maximum absolute atomic E-state index is 6.00. The zero-order chi connectivity index (χ0) is 21.5. The molecule has 1 unspecified atom stereocenters. The summed E-state index contributed by atoms with van der Waals surface area (Å²) in [4.78, 5) is 4.65. The number of ether oxygens (including phenoxy) is 3. The van der Waals surface area contributed by atoms with E-state index in [1.54, 1.807) is 7.11 Å². The molecule has 2 aromatic carbocycles. The number of halogens is 1. The quantitative estimate of drug-likeness (QED) is 0.267. The number of aliphatic imine (C=N–C) groups is 1. The molecule has 1 aliphatic heterocycles. The summed E-state index contributed by atoms with van der Waals surface area (Å²) in [6.45, 7) is 4.34. The Bertz CT molecular complexity index is 1020. The van der Waals surface area contributed by atoms with Crippen LogP contribution in [0.15, 0.2) is 65.8 Å². The molecule has 1 atom stereocenters. The first kappa shape index (κ1) is 23.7. The van der Waals surface area contributed by atoms with Crippen LogP contribution in [0, 0.1) is 0 Å². The van der Waals surface area contributed by atoms with Crippen LogP contribution in [0.4, 0.5) is 0 Å². The van der Waals surface area contributed by atoms with E-state index in [2.05, 4.69) is 20.7 Å². The van der Waals surface area contributed by atoms with E-state index in [4.69, 9.17) is 14.2 Å². The Morgan fingerprint density at radius 3 is 2.66 bits per heavy atom. The Balaban J connectivity index is 0.00000289. The van der Waals surface area contributed by atoms with Crippen LogP contribution in [0.25, 0.3) is 5.69 Å². The number of aromatic nitrogens is 2. The average Bonchev–Trinajstić information content (AvgIpc) is 3.30. The number of benzene rings is 2. The number of nitrogens with zero attached hydrogens (tertiary/aromatic N) is 3. The summed E-state index contributed by atoms with van der Waals surface area (Å²) in [5.74, 6) is 3.08. The van der Waals surface area contributed by atoms with Crippen molar-refractivity contribution in [1.82, 2.24) is 20.4 Å². The zero-order valence-electron chi connectivity index (χ0n) is 18.2. The standard InChI is InChI=1S/C23H27N5O3.HI/c1-3-24-23(26-15-20-16-30-21-6-4-5-7-22(21)31-20)25-14-17-12-13-28(27-17)18-8-10-19(29-2)11-9-18;/h4-13,20H,3,14-16H2,1-2H3,(H2,24,25,26);1H. The van der Waals surface area contributed by atoms with E-state index in [1.165, 1.54) is 0 Å². The maximum Gasteiger partial charge on any atom is 0.191 e. The highest BCUT2D eigenvalue weighted by molar-refractivity contribution is 14.0. The summed E-state index contributed by atoms with van der Waals surface area (Å²) in [6.07, 6.45) is 1.84. The third-order valence-electron chi connectivity index (χ3n) is 4.79. The predicted molar refractivity (Wildman–Crippen MR) is 135 cm³/mol. The molecule has 0 bridgehead atoms. The van der Waals surface area contributed by atoms with Crippen molar-refractivity contribution in [3.05, 3.63) is 66.5 Å². The Morgan fingerprint density at radius 1 is 1.12 bits per heavy atom. The van der Waals surface area contributed by atoms with Crippen LogP contribution in [-0.2, 0) is 6.54 Å². The van der Waals surface area contributed by atoms with Crippen molar-refractivity contribution >= 4 is 29.9 Å². The Kier molecular flexibility index (Phi) is 8.60. The first-order chi connectivity index (χ1) is 15.2. The summed E-state index contributed by atoms with van der Waals surface area (Å²) in [7, 11) is 1.65. The van der Waals surface area contributed by atoms with E-state index in [1.807, 2.05) is 72.4 Å². The van der Waals surface area contributed by atoms with Crippen molar-refractivity contribution in [3.63, 3.8) is 0 Å². The van der Waals surface area contributed by atoms with Crippen LogP contribution >= 0.6 is 24.0 Å². The minimum Gasteiger partial charge on any atom is -0.497 e. The number of hydrogen-bond acceptors (Lipinski definition) is 5. The zero-order valence-corrected chi connectivity index (χ0v) is 20.5. The molecular formula is C23H28IN5O3. The molecule has 4 rings (SSSR count). The van der Waals surface area contributed by atoms with Gasteiger partial charge in [0.05, 0.1) is 31.6 Å². The minimum atomic E-state index is -0.0898. The molecule has 170 valence electrons. The van der Waals surface area contributed by atoms with Gasteiger partial charge in [-0.2, -0.15) is 5.10 Å². The van der Waals surface area contributed by atoms with E-state index >= 15 is 0 Å². The van der Waals surface area contributed by atoms with Gasteiger partial charge >= 0.3 is 0 Å². The molecule has 0 amide bonds. The fraction of sp³-hybridized carbons (Fsp3) is 0.304. The van der Waals surface area contributed by atoms with Gasteiger partial charge < -0.3 is 24.8 Å². The molecule has 2 N–H and O–H groups in total. The molecule has 3 aromatic rings. The molecule has 0 radical (unpaired) electrons. The maximum atomic E-state index is 6.00. The fourth-order valence-electron chi connectivity index (χ4n) is 3.20. The van der Waals surface area contributed by atoms with E-state index in [-0.39, 0.29) is 30.1 Å². The summed E-state index contributed by atoms with van der Waals surface area (Å²) in [6, 6.07) is 17.4. The van der Waals surface area contributed by atoms with Crippen molar-refractivity contribution in [2.45, 2.75) is 19.6 Å². The van der Waals surface area contributed by atoms with Crippen LogP contribution < -0.4 is 24.8 Å². The molecule has 32 heavy (non-hydrogen) atoms. The first-order valence-electron chi connectivity index (χ1n) is 10.3. The van der Waals surface area contributed by atoms with Crippen LogP contribution in [-0.4, -0.2) is 48.7 Å². The van der Waals surface area contributed by atoms with Crippen LogP contribution in [0.3, 0.4) is 0 Å². The molecule has 0 saturated heterocycles. The molecule has 0 fully saturated rings. The van der Waals surface area contributed by atoms with Crippen LogP contribution in [0.1, 0.15) is 12.6 Å². The number of hydrogen-bond donors (Lipinski definition) is 2. The lowest BCUT2D eigenvalue weighted by Crippen LogP contribution is -2.45. The molecular weight excluding hydrogens is 521 g/mol. The van der Waals surface area contributed by atoms with Crippen LogP contribution in [0.2, 0.25) is 0 Å². The van der Waals surface area contributed by atoms with Gasteiger partial charge in [-0.3, -0.25) is 0 Å². The van der Waals surface area contributed by atoms with Gasteiger partial charge in [-0.15, -0.1) is 24.0 Å². The third kappa shape index (κ3) is 6.06. The Morgan fingerprint density at radius 2 is 1.91 bits per heavy atom. The third-order valence-corrected chi connectivity index (χ3v) is 4.79. The van der Waals surface area contributed by atoms with Gasteiger partial charge in [0.2, 0.25) is 0 Å². The van der Waals surface area contributed by atoms with Crippen molar-refractivity contribution in [2.24, 2.45) is 4.99 Å². The van der Waals surface area contributed by atoms with Gasteiger partial charge in [0, 0.05) is 12.7 Å². The first-order valence-corrected chi connectivity index (χ1v) is 10.3. The molecule has 8 nitrogen and oxygen atoms in total. The molecule has 0 spiro atoms. The highest BCUT2D eigenvalue weighted by atomic mass is 127. The summed E-state index contributed by atoms with van der Waals surface area (Å²) < 4.78 is 18.8. The lowest BCUT2D eigenvalue weighted by molar-refractivity contribution is 0.0936. The number of guanidine groups is 1. The van der Waals surface area contributed by atoms with E-state index < -0.39 is 0 Å². The topological polar surface area (TPSA) is 81.9 Å². The second-order valence-corrected chi connectivity index (χ2v) is 7.02. The normalized spacial score (nSPS) is 14.9. The predicted octanol–water partition coefficient (Wildman–Crippen LogP) is 3.39. The second-order valence-electron chi connectivity index (χ2n) is 7.02. The van der Waals surface area contributed by atoms with Gasteiger partial charge in [-0.25, -0.2) is 9.67 Å². The molecule has 9 heteroatoms. The SMILES string of the molecule is CCNC(=NCc1ccn(-c2ccc(OC)cc2)n1)NCC1COc2ccccc2O1.I. The fourth-order valence-corrected chi connectivity index (χ4v) is 3.20. The number of para-hydroxylation sites is 2. The molecule has 2 heterocycles. The van der Waals surface area contributed by atoms with Gasteiger partial charge in [-0.1, -0.05) is 12.1 Å². The Hall–Kier alpha value is -2.95. The largest absolute Gasteiger partial charge is 0.497 e. The van der Waals surface area contributed by atoms with E-state index in [9.17, 15) is 0 Å². The van der Waals surface area contributed by atoms with Gasteiger partial charge in [0.15, 0.2) is 17.5 Å². The highest BCUT2D eigenvalue weighted by Gasteiger charge is 2.20. The summed E-state index contributed by atoms with van der Waals surface area (Å²) in [5.41, 5.74) is 1.84. The molecule has 0 aliphatic carbocycles. The van der Waals surface area contributed by atoms with Gasteiger partial charge in [-0.05, 0) is 49.4 Å². The molecule has 0 saturated carbocycles. The number of methoxy groups -OCH3 is 1. The van der Waals surface area contributed by atoms with Crippen molar-refractivity contribution in [2.75, 3.05) is 26.8 Å². The number of rotatable bonds is 7. The summed E-state index contributed by atoms with van der Waals surface area (Å²) >= 11 is 0. The van der Waals surface area contributed by atoms with Gasteiger partial charge in [0.25, 0.3) is 0 Å². The monoisotopic (exact) mass is 549 g/mol. The van der Waals surface area contributed by atoms with Crippen molar-refractivity contribution in [1.29, 1.82) is 0 Å². The average molecular weight is 549 g/mol. The number of fused-ring (bicyclic) bond motifs is 1. The summed E-state index contributed by atoms with van der Waals surface area (Å²) in [5, 5.41) is 11.2. The molecule has 1 aromatic heterocycles. The van der Waals surface area contributed by atoms with E-state index in [0.29, 0.717) is 25.7 Å². The Labute approximate surface area is 205 Å². The van der Waals surface area contributed by atoms with Gasteiger partial charge in [0.1, 0.15) is 18.5 Å². The smallest absolute Gasteiger partial charge is 0.191 e. The second kappa shape index (κ2) is 11.6. The lowest BCUT2D eigenvalue weighted by Gasteiger charge is -2.27. The molecule has 1 aliphatic rings. The van der Waals surface area contributed by atoms with Crippen molar-refractivity contribution < 1.29 is 14.2 Å². The van der Waals surface area contributed by atoms with E-state index in [0.717, 1.165) is 35.2 Å². The van der Waals surface area contributed by atoms with Crippen molar-refractivity contribution in [3.8, 4) is 22.9 Å². The minimum absolute atomic E-state index is 0. The lowest BCUT2D eigenvalue weighted by atomic mass is 10.2.